The van der Waals surface area contributed by atoms with Crippen LogP contribution in [0.4, 0.5) is 0 Å². The Morgan fingerprint density at radius 1 is 1.32 bits per heavy atom. The predicted octanol–water partition coefficient (Wildman–Crippen LogP) is -1.08. The van der Waals surface area contributed by atoms with E-state index >= 15 is 0 Å². The molecule has 1 aromatic heterocycles. The molecule has 5 rings (SSSR count). The summed E-state index contributed by atoms with van der Waals surface area (Å²) in [6.45, 7) is 6.66. The molecule has 2 bridgehead atoms. The lowest BCUT2D eigenvalue weighted by Crippen LogP contribution is -2.57. The summed E-state index contributed by atoms with van der Waals surface area (Å²) in [5, 5.41) is 17.7. The van der Waals surface area contributed by atoms with Crippen LogP contribution in [0.5, 0.6) is 0 Å². The molecule has 7 nitrogen and oxygen atoms in total. The fourth-order valence-corrected chi connectivity index (χ4v) is 3.28. The molecular weight excluding hydrogens is 246 g/mol. The van der Waals surface area contributed by atoms with Gasteiger partial charge in [0.05, 0.1) is 6.04 Å². The van der Waals surface area contributed by atoms with Crippen molar-refractivity contribution in [2.45, 2.75) is 18.1 Å². The normalized spacial score (nSPS) is 41.8. The molecule has 4 aliphatic heterocycles. The highest BCUT2D eigenvalue weighted by Crippen LogP contribution is 2.30. The van der Waals surface area contributed by atoms with E-state index in [1.54, 1.807) is 0 Å². The first kappa shape index (κ1) is 11.8. The largest absolute Gasteiger partial charge is 0.379 e. The molecule has 0 radical (unpaired) electrons. The number of fused-ring (bicyclic) bond motifs is 3. The first-order chi connectivity index (χ1) is 9.24. The minimum Gasteiger partial charge on any atom is -0.379 e. The van der Waals surface area contributed by atoms with E-state index in [2.05, 4.69) is 25.3 Å². The highest BCUT2D eigenvalue weighted by Gasteiger charge is 2.41. The van der Waals surface area contributed by atoms with Crippen molar-refractivity contribution in [3.63, 3.8) is 0 Å². The smallest absolute Gasteiger partial charge is 0.260 e. The number of hydrogen-bond acceptors (Lipinski definition) is 7. The molecule has 2 N–H and O–H groups in total. The molecule has 4 saturated heterocycles. The third-order valence-electron chi connectivity index (χ3n) is 4.55. The number of aliphatic hydroxyl groups is 1. The number of piperazine rings is 3. The maximum absolute atomic E-state index is 10.4. The Balaban J connectivity index is 1.58. The second kappa shape index (κ2) is 4.24. The van der Waals surface area contributed by atoms with Crippen molar-refractivity contribution in [3.05, 3.63) is 11.7 Å². The van der Waals surface area contributed by atoms with Crippen LogP contribution in [-0.4, -0.2) is 70.9 Å². The Morgan fingerprint density at radius 2 is 2.16 bits per heavy atom. The van der Waals surface area contributed by atoms with Gasteiger partial charge in [-0.15, -0.1) is 0 Å². The van der Waals surface area contributed by atoms with Crippen molar-refractivity contribution in [3.8, 4) is 0 Å². The maximum atomic E-state index is 10.4. The van der Waals surface area contributed by atoms with Crippen LogP contribution in [0.2, 0.25) is 0 Å². The molecule has 19 heavy (non-hydrogen) atoms. The van der Waals surface area contributed by atoms with Crippen molar-refractivity contribution < 1.29 is 9.63 Å². The standard InChI is InChI=1S/C12H19N5O2/c18-12(1-2-13-8-12)11-14-10(15-19-11)9-7-16-3-5-17(9)6-4-16/h9,13,18H,1-8H2. The van der Waals surface area contributed by atoms with Gasteiger partial charge in [-0.2, -0.15) is 4.98 Å². The zero-order valence-electron chi connectivity index (χ0n) is 10.9. The van der Waals surface area contributed by atoms with Gasteiger partial charge in [0.2, 0.25) is 0 Å². The van der Waals surface area contributed by atoms with Crippen LogP contribution in [-0.2, 0) is 5.60 Å². The van der Waals surface area contributed by atoms with E-state index in [1.165, 1.54) is 0 Å². The van der Waals surface area contributed by atoms with Gasteiger partial charge in [0.15, 0.2) is 11.4 Å². The lowest BCUT2D eigenvalue weighted by atomic mass is 10.0. The van der Waals surface area contributed by atoms with E-state index in [9.17, 15) is 5.11 Å². The van der Waals surface area contributed by atoms with Crippen molar-refractivity contribution in [2.24, 2.45) is 0 Å². The van der Waals surface area contributed by atoms with Gasteiger partial charge in [-0.25, -0.2) is 0 Å². The topological polar surface area (TPSA) is 77.7 Å². The molecule has 4 fully saturated rings. The fourth-order valence-electron chi connectivity index (χ4n) is 3.28. The number of nitrogens with one attached hydrogen (secondary N) is 1. The second-order valence-electron chi connectivity index (χ2n) is 5.77. The van der Waals surface area contributed by atoms with Crippen LogP contribution >= 0.6 is 0 Å². The molecule has 1 aromatic rings. The second-order valence-corrected chi connectivity index (χ2v) is 5.77. The van der Waals surface area contributed by atoms with Crippen molar-refractivity contribution >= 4 is 0 Å². The first-order valence-electron chi connectivity index (χ1n) is 6.98. The molecule has 0 spiro atoms. The van der Waals surface area contributed by atoms with Crippen LogP contribution in [0, 0.1) is 0 Å². The van der Waals surface area contributed by atoms with Gasteiger partial charge in [0.1, 0.15) is 0 Å². The van der Waals surface area contributed by atoms with E-state index in [4.69, 9.17) is 4.52 Å². The lowest BCUT2D eigenvalue weighted by Gasteiger charge is -2.46. The summed E-state index contributed by atoms with van der Waals surface area (Å²) in [4.78, 5) is 9.32. The summed E-state index contributed by atoms with van der Waals surface area (Å²) in [7, 11) is 0. The van der Waals surface area contributed by atoms with Gasteiger partial charge < -0.3 is 14.9 Å². The van der Waals surface area contributed by atoms with Crippen LogP contribution in [0.3, 0.4) is 0 Å². The Morgan fingerprint density at radius 3 is 2.79 bits per heavy atom. The molecule has 2 atom stereocenters. The molecule has 0 saturated carbocycles. The van der Waals surface area contributed by atoms with Crippen LogP contribution in [0.1, 0.15) is 24.2 Å². The molecule has 5 heterocycles. The maximum Gasteiger partial charge on any atom is 0.260 e. The third-order valence-corrected chi connectivity index (χ3v) is 4.55. The Kier molecular flexibility index (Phi) is 2.63. The third kappa shape index (κ3) is 1.88. The number of β-amino-alcohol motifs (C(OH)–C–C–N with tert-alkyl or cyclic N) is 1. The minimum absolute atomic E-state index is 0.220. The average molecular weight is 265 g/mol. The molecule has 2 unspecified atom stereocenters. The van der Waals surface area contributed by atoms with Crippen molar-refractivity contribution in [1.82, 2.24) is 25.3 Å². The van der Waals surface area contributed by atoms with E-state index in [1.807, 2.05) is 0 Å². The van der Waals surface area contributed by atoms with E-state index in [0.717, 1.165) is 45.1 Å². The zero-order valence-corrected chi connectivity index (χ0v) is 10.9. The number of nitrogens with zero attached hydrogens (tertiary/aromatic N) is 4. The monoisotopic (exact) mass is 265 g/mol. The Hall–Kier alpha value is -1.02. The SMILES string of the molecule is OC1(c2nc(C3CN4CCN3CC4)no2)CCNC1. The number of hydrogen-bond donors (Lipinski definition) is 2. The van der Waals surface area contributed by atoms with E-state index < -0.39 is 5.60 Å². The summed E-state index contributed by atoms with van der Waals surface area (Å²) >= 11 is 0. The number of rotatable bonds is 2. The van der Waals surface area contributed by atoms with Gasteiger partial charge in [-0.05, 0) is 13.0 Å². The summed E-state index contributed by atoms with van der Waals surface area (Å²) in [5.41, 5.74) is -0.978. The molecule has 7 heteroatoms. The van der Waals surface area contributed by atoms with Crippen LogP contribution in [0.25, 0.3) is 0 Å². The fraction of sp³-hybridized carbons (Fsp3) is 0.833. The molecule has 104 valence electrons. The molecule has 0 amide bonds. The van der Waals surface area contributed by atoms with E-state index in [-0.39, 0.29) is 6.04 Å². The molecular formula is C12H19N5O2. The zero-order chi connectivity index (χ0) is 12.9. The van der Waals surface area contributed by atoms with Crippen molar-refractivity contribution in [2.75, 3.05) is 45.8 Å². The molecule has 0 aliphatic carbocycles. The lowest BCUT2D eigenvalue weighted by molar-refractivity contribution is 0.00779. The summed E-state index contributed by atoms with van der Waals surface area (Å²) in [6, 6.07) is 0.220. The highest BCUT2D eigenvalue weighted by atomic mass is 16.5. The summed E-state index contributed by atoms with van der Waals surface area (Å²) in [6.07, 6.45) is 0.634. The number of aromatic nitrogens is 2. The van der Waals surface area contributed by atoms with Gasteiger partial charge in [-0.3, -0.25) is 9.80 Å². The van der Waals surface area contributed by atoms with Crippen LogP contribution in [0.15, 0.2) is 4.52 Å². The predicted molar refractivity (Wildman–Crippen MR) is 66.4 cm³/mol. The molecule has 0 aromatic carbocycles. The van der Waals surface area contributed by atoms with Crippen LogP contribution < -0.4 is 5.32 Å². The average Bonchev–Trinajstić information content (AvgIpc) is 3.09. The van der Waals surface area contributed by atoms with E-state index in [0.29, 0.717) is 18.9 Å². The Bertz CT molecular complexity index is 462. The summed E-state index contributed by atoms with van der Waals surface area (Å²) < 4.78 is 5.32. The highest BCUT2D eigenvalue weighted by molar-refractivity contribution is 5.07. The van der Waals surface area contributed by atoms with Gasteiger partial charge in [0, 0.05) is 39.3 Å². The first-order valence-corrected chi connectivity index (χ1v) is 6.98. The molecule has 4 aliphatic rings. The Labute approximate surface area is 111 Å². The van der Waals surface area contributed by atoms with Gasteiger partial charge >= 0.3 is 0 Å². The van der Waals surface area contributed by atoms with Gasteiger partial charge in [-0.1, -0.05) is 5.16 Å². The van der Waals surface area contributed by atoms with Crippen molar-refractivity contribution in [1.29, 1.82) is 0 Å². The summed E-state index contributed by atoms with van der Waals surface area (Å²) in [5.74, 6) is 1.09. The minimum atomic E-state index is -0.978. The quantitative estimate of drug-likeness (QED) is 0.704. The van der Waals surface area contributed by atoms with Gasteiger partial charge in [0.25, 0.3) is 5.89 Å².